The van der Waals surface area contributed by atoms with Gasteiger partial charge in [-0.15, -0.1) is 0 Å². The van der Waals surface area contributed by atoms with Crippen LogP contribution in [0.4, 0.5) is 0 Å². The van der Waals surface area contributed by atoms with Gasteiger partial charge in [-0.05, 0) is 18.4 Å². The van der Waals surface area contributed by atoms with Gasteiger partial charge in [-0.2, -0.15) is 0 Å². The van der Waals surface area contributed by atoms with Crippen LogP contribution in [0.1, 0.15) is 13.3 Å². The van der Waals surface area contributed by atoms with Crippen molar-refractivity contribution in [3.05, 3.63) is 23.9 Å². The molecule has 9 heavy (non-hydrogen) atoms. The van der Waals surface area contributed by atoms with Gasteiger partial charge in [-0.3, -0.25) is 0 Å². The summed E-state index contributed by atoms with van der Waals surface area (Å²) in [5.41, 5.74) is 1.11. The summed E-state index contributed by atoms with van der Waals surface area (Å²) >= 11 is 3.92. The van der Waals surface area contributed by atoms with Crippen LogP contribution < -0.4 is 4.72 Å². The Morgan fingerprint density at radius 1 is 1.78 bits per heavy atom. The van der Waals surface area contributed by atoms with Gasteiger partial charge in [0.1, 0.15) is 0 Å². The quantitative estimate of drug-likeness (QED) is 0.531. The molecule has 0 fully saturated rings. The van der Waals surface area contributed by atoms with Crippen molar-refractivity contribution in [2.24, 2.45) is 5.92 Å². The Hall–Kier alpha value is -0.370. The zero-order valence-corrected chi connectivity index (χ0v) is 6.36. The molecule has 0 amide bonds. The van der Waals surface area contributed by atoms with Crippen LogP contribution in [0.5, 0.6) is 0 Å². The van der Waals surface area contributed by atoms with Crippen LogP contribution in [0, 0.1) is 5.92 Å². The molecule has 1 nitrogen and oxygen atoms in total. The predicted molar refractivity (Wildman–Crippen MR) is 43.1 cm³/mol. The van der Waals surface area contributed by atoms with Gasteiger partial charge >= 0.3 is 0 Å². The van der Waals surface area contributed by atoms with Gasteiger partial charge in [0.15, 0.2) is 0 Å². The smallest absolute Gasteiger partial charge is 0.0394 e. The van der Waals surface area contributed by atoms with Gasteiger partial charge in [0, 0.05) is 5.70 Å². The van der Waals surface area contributed by atoms with Crippen LogP contribution in [0.2, 0.25) is 0 Å². The lowest BCUT2D eigenvalue weighted by atomic mass is 10.0. The van der Waals surface area contributed by atoms with E-state index in [4.69, 9.17) is 0 Å². The van der Waals surface area contributed by atoms with Crippen LogP contribution in [0.25, 0.3) is 0 Å². The normalized spacial score (nSPS) is 25.6. The summed E-state index contributed by atoms with van der Waals surface area (Å²) < 4.78 is 2.79. The summed E-state index contributed by atoms with van der Waals surface area (Å²) in [6, 6.07) is 0. The fourth-order valence-electron chi connectivity index (χ4n) is 0.810. The van der Waals surface area contributed by atoms with Crippen LogP contribution >= 0.6 is 12.8 Å². The van der Waals surface area contributed by atoms with Crippen molar-refractivity contribution in [2.45, 2.75) is 13.3 Å². The molecule has 1 aliphatic rings. The molecule has 0 heterocycles. The third kappa shape index (κ3) is 1.79. The molecule has 50 valence electrons. The molecule has 0 spiro atoms. The minimum absolute atomic E-state index is 0.690. The van der Waals surface area contributed by atoms with Gasteiger partial charge in [0.05, 0.1) is 0 Å². The Balaban J connectivity index is 2.52. The van der Waals surface area contributed by atoms with Gasteiger partial charge in [0.25, 0.3) is 0 Å². The number of rotatable bonds is 1. The van der Waals surface area contributed by atoms with E-state index >= 15 is 0 Å². The van der Waals surface area contributed by atoms with E-state index in [1.807, 2.05) is 0 Å². The van der Waals surface area contributed by atoms with Gasteiger partial charge in [-0.1, -0.05) is 31.9 Å². The van der Waals surface area contributed by atoms with Crippen LogP contribution in [0.15, 0.2) is 23.9 Å². The molecular formula is C7H11NS. The maximum Gasteiger partial charge on any atom is 0.0394 e. The molecule has 0 aromatic heterocycles. The van der Waals surface area contributed by atoms with E-state index < -0.39 is 0 Å². The molecule has 0 aromatic rings. The SMILES string of the molecule is CC1C=CC(NS)=CC1. The molecular weight excluding hydrogens is 130 g/mol. The second-order valence-corrected chi connectivity index (χ2v) is 2.57. The molecule has 1 aliphatic carbocycles. The summed E-state index contributed by atoms with van der Waals surface area (Å²) in [4.78, 5) is 0. The van der Waals surface area contributed by atoms with Gasteiger partial charge in [0.2, 0.25) is 0 Å². The number of thiol groups is 1. The lowest BCUT2D eigenvalue weighted by Crippen LogP contribution is -2.01. The summed E-state index contributed by atoms with van der Waals surface area (Å²) in [6.45, 7) is 2.20. The Bertz CT molecular complexity index is 149. The highest BCUT2D eigenvalue weighted by molar-refractivity contribution is 7.78. The Kier molecular flexibility index (Phi) is 2.22. The zero-order valence-electron chi connectivity index (χ0n) is 5.46. The standard InChI is InChI=1S/C7H11NS/c1-6-2-4-7(8-9)5-3-6/h2,4-6,8-9H,3H2,1H3. The summed E-state index contributed by atoms with van der Waals surface area (Å²) in [5, 5.41) is 0. The molecule has 1 N–H and O–H groups in total. The predicted octanol–water partition coefficient (Wildman–Crippen LogP) is 1.90. The van der Waals surface area contributed by atoms with E-state index in [1.54, 1.807) is 0 Å². The molecule has 0 bridgehead atoms. The second-order valence-electron chi connectivity index (χ2n) is 2.34. The zero-order chi connectivity index (χ0) is 6.69. The Morgan fingerprint density at radius 2 is 2.56 bits per heavy atom. The number of nitrogens with one attached hydrogen (secondary N) is 1. The molecule has 0 saturated carbocycles. The highest BCUT2D eigenvalue weighted by Gasteiger charge is 2.00. The van der Waals surface area contributed by atoms with E-state index in [0.717, 1.165) is 12.1 Å². The third-order valence-corrected chi connectivity index (χ3v) is 1.70. The lowest BCUT2D eigenvalue weighted by Gasteiger charge is -2.09. The molecule has 2 heteroatoms. The van der Waals surface area contributed by atoms with Gasteiger partial charge < -0.3 is 4.72 Å². The first-order valence-electron chi connectivity index (χ1n) is 3.11. The number of allylic oxidation sites excluding steroid dienone is 3. The molecule has 1 unspecified atom stereocenters. The largest absolute Gasteiger partial charge is 0.333 e. The van der Waals surface area contributed by atoms with E-state index in [9.17, 15) is 0 Å². The second kappa shape index (κ2) is 2.97. The van der Waals surface area contributed by atoms with E-state index in [0.29, 0.717) is 5.92 Å². The highest BCUT2D eigenvalue weighted by atomic mass is 32.1. The number of hydrogen-bond donors (Lipinski definition) is 2. The fourth-order valence-corrected chi connectivity index (χ4v) is 0.976. The van der Waals surface area contributed by atoms with Crippen molar-refractivity contribution in [2.75, 3.05) is 0 Å². The van der Waals surface area contributed by atoms with Crippen LogP contribution in [-0.4, -0.2) is 0 Å². The van der Waals surface area contributed by atoms with Gasteiger partial charge in [-0.25, -0.2) is 0 Å². The van der Waals surface area contributed by atoms with Crippen molar-refractivity contribution in [1.29, 1.82) is 0 Å². The monoisotopic (exact) mass is 141 g/mol. The molecule has 1 atom stereocenters. The summed E-state index contributed by atoms with van der Waals surface area (Å²) in [7, 11) is 0. The van der Waals surface area contributed by atoms with Crippen molar-refractivity contribution in [3.8, 4) is 0 Å². The third-order valence-electron chi connectivity index (χ3n) is 1.44. The summed E-state index contributed by atoms with van der Waals surface area (Å²) in [6.07, 6.45) is 7.51. The summed E-state index contributed by atoms with van der Waals surface area (Å²) in [5.74, 6) is 0.690. The average Bonchev–Trinajstić information content (AvgIpc) is 1.90. The molecule has 0 radical (unpaired) electrons. The average molecular weight is 141 g/mol. The van der Waals surface area contributed by atoms with Crippen LogP contribution in [-0.2, 0) is 0 Å². The first-order valence-corrected chi connectivity index (χ1v) is 3.56. The minimum Gasteiger partial charge on any atom is -0.333 e. The Labute approximate surface area is 61.4 Å². The maximum absolute atomic E-state index is 3.92. The van der Waals surface area contributed by atoms with Crippen LogP contribution in [0.3, 0.4) is 0 Å². The lowest BCUT2D eigenvalue weighted by molar-refractivity contribution is 0.728. The molecule has 0 aromatic carbocycles. The Morgan fingerprint density at radius 3 is 3.00 bits per heavy atom. The maximum atomic E-state index is 3.92. The highest BCUT2D eigenvalue weighted by Crippen LogP contribution is 2.13. The molecule has 1 rings (SSSR count). The van der Waals surface area contributed by atoms with Crippen molar-refractivity contribution < 1.29 is 0 Å². The van der Waals surface area contributed by atoms with Crippen molar-refractivity contribution in [3.63, 3.8) is 0 Å². The van der Waals surface area contributed by atoms with E-state index in [2.05, 4.69) is 42.7 Å². The topological polar surface area (TPSA) is 12.0 Å². The van der Waals surface area contributed by atoms with E-state index in [1.165, 1.54) is 0 Å². The van der Waals surface area contributed by atoms with E-state index in [-0.39, 0.29) is 0 Å². The van der Waals surface area contributed by atoms with Crippen molar-refractivity contribution >= 4 is 12.8 Å². The number of hydrogen-bond acceptors (Lipinski definition) is 2. The first kappa shape index (κ1) is 6.75. The fraction of sp³-hybridized carbons (Fsp3) is 0.429. The molecule has 0 saturated heterocycles. The minimum atomic E-state index is 0.690. The van der Waals surface area contributed by atoms with Crippen molar-refractivity contribution in [1.82, 2.24) is 4.72 Å². The first-order chi connectivity index (χ1) is 4.33. The molecule has 0 aliphatic heterocycles.